The first-order valence-corrected chi connectivity index (χ1v) is 28.2. The van der Waals surface area contributed by atoms with Crippen LogP contribution in [-0.2, 0) is 38.4 Å². The van der Waals surface area contributed by atoms with Gasteiger partial charge in [-0.05, 0) is 61.9 Å². The summed E-state index contributed by atoms with van der Waals surface area (Å²) in [6.45, 7) is 11.3. The number of nitrogens with two attached hydrogens (primary N) is 1. The fourth-order valence-corrected chi connectivity index (χ4v) is 12.3. The van der Waals surface area contributed by atoms with Crippen LogP contribution in [0.15, 0.2) is 59.0 Å². The number of rotatable bonds is 8. The van der Waals surface area contributed by atoms with Crippen LogP contribution in [0.5, 0.6) is 0 Å². The van der Waals surface area contributed by atoms with Gasteiger partial charge in [0.2, 0.25) is 47.3 Å². The molecule has 26 heteroatoms. The van der Waals surface area contributed by atoms with Gasteiger partial charge in [0, 0.05) is 46.3 Å². The number of carbonyl (C=O) groups is 8. The summed E-state index contributed by atoms with van der Waals surface area (Å²) in [5.74, 6) is -5.92. The summed E-state index contributed by atoms with van der Waals surface area (Å²) in [4.78, 5) is 124. The number of benzene rings is 2. The van der Waals surface area contributed by atoms with Crippen molar-refractivity contribution in [2.75, 3.05) is 31.1 Å². The van der Waals surface area contributed by atoms with Crippen LogP contribution in [0, 0.1) is 33.1 Å². The quantitative estimate of drug-likeness (QED) is 0.111. The Bertz CT molecular complexity index is 3190. The van der Waals surface area contributed by atoms with Crippen LogP contribution in [-0.4, -0.2) is 144 Å². The smallest absolute Gasteiger partial charge is 0.247 e. The number of amides is 8. The molecule has 0 bridgehead atoms. The second-order valence-corrected chi connectivity index (χ2v) is 23.8. The van der Waals surface area contributed by atoms with Crippen LogP contribution in [0.4, 0.5) is 0 Å². The molecule has 7 atom stereocenters. The lowest BCUT2D eigenvalue weighted by molar-refractivity contribution is -0.144. The highest BCUT2D eigenvalue weighted by atomic mass is 35.5. The van der Waals surface area contributed by atoms with Crippen molar-refractivity contribution in [3.63, 3.8) is 0 Å². The molecule has 3 aliphatic heterocycles. The number of carbonyl (C=O) groups excluding carboxylic acids is 8. The summed E-state index contributed by atoms with van der Waals surface area (Å²) >= 11 is 10.2. The number of hydrogen-bond donors (Lipinski definition) is 8. The van der Waals surface area contributed by atoms with Gasteiger partial charge in [-0.25, -0.2) is 4.98 Å². The standard InChI is InChI=1S/C52H60ClN13O9S3/c1-24-26(3)78-51-40(24)41(28-12-14-31(53)15-13-28)59-33(46-64-63-27(4)66(46)51)17-37(68)55-18-34-47(72)60-35(45(54)71)21-76-22-39(70)61-44(52(5,6)7)50(75)65-20-32(67)16-36(65)48(73)62-42(49(74)56-19-38(69)58-34)29-8-10-30(11-9-29)43-25(2)57-23-77-43/h8-15,23,32-36,42,44,67H,16-22H2,1-7H3,(H2,54,71)(H,55,68)(H,56,74)(H,58,69)(H,60,72)(H,61,70)(H,62,73)/t32-,33+,34+,35-,36+,42+,44-/m1/s1. The number of aliphatic imine (C=N–C) groups is 1. The average molecular weight is 1140 g/mol. The normalized spacial score (nSPS) is 23.0. The first-order chi connectivity index (χ1) is 37.0. The predicted molar refractivity (Wildman–Crippen MR) is 295 cm³/mol. The van der Waals surface area contributed by atoms with Crippen molar-refractivity contribution < 1.29 is 43.5 Å². The molecule has 0 unspecified atom stereocenters. The monoisotopic (exact) mass is 1140 g/mol. The minimum atomic E-state index is -1.58. The molecule has 5 aromatic rings. The van der Waals surface area contributed by atoms with E-state index in [0.29, 0.717) is 27.9 Å². The SMILES string of the molecule is Cc1ncsc1-c1ccc([C@@H]2NC(=O)[C@@H]3C[C@@H](O)CN3C(=O)[C@H](C(C)(C)C)NC(=O)CSC[C@H](C(N)=O)NC(=O)[C@H](CNC(=O)C[C@@H]3N=C(c4ccc(Cl)cc4)c4c(sc(C)c4C)-n4c(C)nnc43)NC(=O)CNC2=O)cc1. The topological polar surface area (TPSA) is 314 Å². The number of aromatic nitrogens is 4. The zero-order valence-corrected chi connectivity index (χ0v) is 47.0. The van der Waals surface area contributed by atoms with Crippen LogP contribution in [0.3, 0.4) is 0 Å². The van der Waals surface area contributed by atoms with Gasteiger partial charge < -0.3 is 47.6 Å². The number of aliphatic hydroxyl groups excluding tert-OH is 1. The molecule has 3 aromatic heterocycles. The summed E-state index contributed by atoms with van der Waals surface area (Å²) in [6.07, 6.45) is -1.59. The molecule has 8 rings (SSSR count). The highest BCUT2D eigenvalue weighted by Gasteiger charge is 2.45. The lowest BCUT2D eigenvalue weighted by Gasteiger charge is -2.35. The number of aliphatic hydroxyl groups is 1. The van der Waals surface area contributed by atoms with E-state index in [0.717, 1.165) is 54.5 Å². The maximum atomic E-state index is 14.4. The summed E-state index contributed by atoms with van der Waals surface area (Å²) in [6, 6.07) is 6.10. The van der Waals surface area contributed by atoms with E-state index in [4.69, 9.17) is 22.3 Å². The third kappa shape index (κ3) is 12.8. The molecule has 0 saturated carbocycles. The van der Waals surface area contributed by atoms with E-state index in [2.05, 4.69) is 47.1 Å². The minimum absolute atomic E-state index is 0.180. The van der Waals surface area contributed by atoms with Gasteiger partial charge in [-0.15, -0.1) is 44.6 Å². The molecule has 8 amide bonds. The summed E-state index contributed by atoms with van der Waals surface area (Å²) in [5, 5.41) is 36.9. The summed E-state index contributed by atoms with van der Waals surface area (Å²) in [5.41, 5.74) is 11.6. The lowest BCUT2D eigenvalue weighted by atomic mass is 9.85. The fourth-order valence-electron chi connectivity index (χ4n) is 9.32. The van der Waals surface area contributed by atoms with Crippen molar-refractivity contribution in [1.82, 2.24) is 56.5 Å². The van der Waals surface area contributed by atoms with Gasteiger partial charge in [0.25, 0.3) is 0 Å². The van der Waals surface area contributed by atoms with Gasteiger partial charge in [-0.2, -0.15) is 0 Å². The molecule has 0 radical (unpaired) electrons. The van der Waals surface area contributed by atoms with Crippen LogP contribution in [0.2, 0.25) is 5.02 Å². The van der Waals surface area contributed by atoms with E-state index in [1.54, 1.807) is 69.6 Å². The van der Waals surface area contributed by atoms with Gasteiger partial charge in [0.15, 0.2) is 5.82 Å². The van der Waals surface area contributed by atoms with Crippen molar-refractivity contribution in [3.8, 4) is 15.4 Å². The number of nitrogens with zero attached hydrogens (tertiary/aromatic N) is 6. The Kier molecular flexibility index (Phi) is 17.5. The fraction of sp³-hybridized carbons (Fsp3) is 0.423. The van der Waals surface area contributed by atoms with Gasteiger partial charge in [-0.3, -0.25) is 47.9 Å². The Morgan fingerprint density at radius 3 is 2.26 bits per heavy atom. The number of halogens is 1. The maximum Gasteiger partial charge on any atom is 0.247 e. The Morgan fingerprint density at radius 2 is 1.59 bits per heavy atom. The first-order valence-electron chi connectivity index (χ1n) is 24.9. The van der Waals surface area contributed by atoms with Crippen molar-refractivity contribution in [1.29, 1.82) is 0 Å². The Morgan fingerprint density at radius 1 is 0.885 bits per heavy atom. The Hall–Kier alpha value is -7.06. The summed E-state index contributed by atoms with van der Waals surface area (Å²) < 4.78 is 1.87. The third-order valence-electron chi connectivity index (χ3n) is 13.6. The molecule has 3 aliphatic rings. The number of nitrogens with one attached hydrogen (secondary N) is 6. The average Bonchev–Trinajstić information content (AvgIpc) is 4.24. The molecule has 2 saturated heterocycles. The van der Waals surface area contributed by atoms with Crippen LogP contribution >= 0.6 is 46.0 Å². The largest absolute Gasteiger partial charge is 0.391 e. The maximum absolute atomic E-state index is 14.4. The molecule has 6 heterocycles. The molecular formula is C52H60ClN13O9S3. The van der Waals surface area contributed by atoms with E-state index in [1.165, 1.54) is 27.6 Å². The molecular weight excluding hydrogens is 1080 g/mol. The van der Waals surface area contributed by atoms with Crippen LogP contribution < -0.4 is 37.6 Å². The second kappa shape index (κ2) is 23.9. The molecule has 2 fully saturated rings. The van der Waals surface area contributed by atoms with Gasteiger partial charge in [0.05, 0.1) is 46.6 Å². The van der Waals surface area contributed by atoms with Crippen molar-refractivity contribution >= 4 is 99.0 Å². The van der Waals surface area contributed by atoms with Crippen molar-refractivity contribution in [2.24, 2.45) is 16.1 Å². The van der Waals surface area contributed by atoms with E-state index < -0.39 is 108 Å². The zero-order chi connectivity index (χ0) is 56.3. The lowest BCUT2D eigenvalue weighted by Crippen LogP contribution is -2.58. The minimum Gasteiger partial charge on any atom is -0.391 e. The molecule has 412 valence electrons. The van der Waals surface area contributed by atoms with E-state index in [-0.39, 0.29) is 30.9 Å². The van der Waals surface area contributed by atoms with Gasteiger partial charge in [0.1, 0.15) is 47.1 Å². The second-order valence-electron chi connectivity index (χ2n) is 20.3. The number of primary amides is 1. The zero-order valence-electron chi connectivity index (χ0n) is 43.8. The third-order valence-corrected chi connectivity index (χ3v) is 17.0. The van der Waals surface area contributed by atoms with Gasteiger partial charge in [-0.1, -0.05) is 68.8 Å². The molecule has 22 nitrogen and oxygen atoms in total. The van der Waals surface area contributed by atoms with E-state index in [9.17, 15) is 43.5 Å². The number of thiophene rings is 1. The van der Waals surface area contributed by atoms with Crippen LogP contribution in [0.1, 0.15) is 90.2 Å². The highest BCUT2D eigenvalue weighted by Crippen LogP contribution is 2.40. The molecule has 2 aromatic carbocycles. The van der Waals surface area contributed by atoms with Crippen LogP contribution in [0.25, 0.3) is 15.4 Å². The molecule has 0 aliphatic carbocycles. The summed E-state index contributed by atoms with van der Waals surface area (Å²) in [7, 11) is 0. The Balaban J connectivity index is 1.08. The first kappa shape index (κ1) is 57.1. The Labute approximate surface area is 466 Å². The number of thiazole rings is 1. The molecule has 78 heavy (non-hydrogen) atoms. The number of thioether (sulfide) groups is 1. The number of aryl methyl sites for hydroxylation is 3. The molecule has 0 spiro atoms. The highest BCUT2D eigenvalue weighted by molar-refractivity contribution is 8.00. The van der Waals surface area contributed by atoms with Gasteiger partial charge >= 0.3 is 0 Å². The predicted octanol–water partition coefficient (Wildman–Crippen LogP) is 2.41. The van der Waals surface area contributed by atoms with E-state index in [1.807, 2.05) is 37.5 Å². The van der Waals surface area contributed by atoms with Crippen molar-refractivity contribution in [3.05, 3.63) is 104 Å². The number of fused-ring (bicyclic) bond motifs is 4. The van der Waals surface area contributed by atoms with Crippen molar-refractivity contribution in [2.45, 2.75) is 104 Å². The molecule has 9 N–H and O–H groups in total. The number of hydrogen-bond acceptors (Lipinski definition) is 16. The van der Waals surface area contributed by atoms with E-state index >= 15 is 0 Å².